The maximum Gasteiger partial charge on any atom is 0.309 e. The molecule has 0 fully saturated rings. The second-order valence-electron chi connectivity index (χ2n) is 4.15. The van der Waals surface area contributed by atoms with E-state index in [1.165, 1.54) is 12.1 Å². The number of hydrogen-bond acceptors (Lipinski definition) is 4. The van der Waals surface area contributed by atoms with Gasteiger partial charge in [-0.2, -0.15) is 0 Å². The molecular formula is C12H2Cl8N2O4. The maximum atomic E-state index is 10.5. The van der Waals surface area contributed by atoms with Crippen molar-refractivity contribution in [2.75, 3.05) is 0 Å². The van der Waals surface area contributed by atoms with Gasteiger partial charge in [0.25, 0.3) is 0 Å². The first-order valence-corrected chi connectivity index (χ1v) is 8.87. The molecule has 0 heterocycles. The van der Waals surface area contributed by atoms with Crippen molar-refractivity contribution in [2.24, 2.45) is 0 Å². The summed E-state index contributed by atoms with van der Waals surface area (Å²) in [6.07, 6.45) is 0. The fraction of sp³-hybridized carbons (Fsp3) is 0. The molecule has 0 aliphatic carbocycles. The van der Waals surface area contributed by atoms with Crippen molar-refractivity contribution in [3.63, 3.8) is 0 Å². The highest BCUT2D eigenvalue weighted by Gasteiger charge is 2.24. The van der Waals surface area contributed by atoms with Gasteiger partial charge in [0.2, 0.25) is 0 Å². The van der Waals surface area contributed by atoms with Crippen LogP contribution in [-0.4, -0.2) is 9.85 Å². The number of nitro groups is 2. The highest BCUT2D eigenvalue weighted by atomic mass is 35.5. The van der Waals surface area contributed by atoms with Crippen molar-refractivity contribution < 1.29 is 9.85 Å². The molecule has 2 aromatic rings. The van der Waals surface area contributed by atoms with Crippen LogP contribution in [0.1, 0.15) is 0 Å². The number of hydrogen-bond donors (Lipinski definition) is 0. The summed E-state index contributed by atoms with van der Waals surface area (Å²) in [5, 5.41) is 20.1. The lowest BCUT2D eigenvalue weighted by Crippen LogP contribution is -1.91. The molecule has 0 aliphatic rings. The lowest BCUT2D eigenvalue weighted by molar-refractivity contribution is -0.384. The smallest absolute Gasteiger partial charge is 0.258 e. The number of nitro benzene ring substituents is 2. The van der Waals surface area contributed by atoms with Gasteiger partial charge in [-0.25, -0.2) is 0 Å². The van der Waals surface area contributed by atoms with Gasteiger partial charge < -0.3 is 0 Å². The van der Waals surface area contributed by atoms with Crippen molar-refractivity contribution in [3.8, 4) is 0 Å². The molecule has 2 aromatic carbocycles. The van der Waals surface area contributed by atoms with Crippen LogP contribution in [0, 0.1) is 20.2 Å². The van der Waals surface area contributed by atoms with Gasteiger partial charge in [0.1, 0.15) is 20.1 Å². The van der Waals surface area contributed by atoms with E-state index in [1.807, 2.05) is 0 Å². The summed E-state index contributed by atoms with van der Waals surface area (Å²) < 4.78 is 0. The van der Waals surface area contributed by atoms with Gasteiger partial charge in [-0.15, -0.1) is 0 Å². The molecule has 0 aliphatic heterocycles. The molecule has 2 rings (SSSR count). The van der Waals surface area contributed by atoms with Gasteiger partial charge in [0.05, 0.1) is 29.9 Å². The average molecular weight is 522 g/mol. The SMILES string of the molecule is O=[N+]([O-])c1c(Cl)c(Cl)cc(Cl)c1Cl.O=[N+]([O-])c1c(Cl)c(Cl)cc(Cl)c1Cl. The van der Waals surface area contributed by atoms with Crippen molar-refractivity contribution >= 4 is 104 Å². The summed E-state index contributed by atoms with van der Waals surface area (Å²) in [6, 6.07) is 2.50. The van der Waals surface area contributed by atoms with Crippen molar-refractivity contribution in [2.45, 2.75) is 0 Å². The normalized spacial score (nSPS) is 10.2. The van der Waals surface area contributed by atoms with Crippen LogP contribution in [0.25, 0.3) is 0 Å². The maximum absolute atomic E-state index is 10.5. The van der Waals surface area contributed by atoms with E-state index in [0.717, 1.165) is 0 Å². The van der Waals surface area contributed by atoms with E-state index in [2.05, 4.69) is 0 Å². The van der Waals surface area contributed by atoms with Gasteiger partial charge in [0, 0.05) is 0 Å². The first kappa shape index (κ1) is 23.6. The third-order valence-electron chi connectivity index (χ3n) is 2.54. The minimum atomic E-state index is -0.734. The van der Waals surface area contributed by atoms with Crippen LogP contribution in [0.2, 0.25) is 40.2 Å². The summed E-state index contributed by atoms with van der Waals surface area (Å²) in [5.74, 6) is 0. The van der Waals surface area contributed by atoms with E-state index < -0.39 is 21.2 Å². The molecule has 0 saturated heterocycles. The average Bonchev–Trinajstić information content (AvgIpc) is 2.51. The topological polar surface area (TPSA) is 86.3 Å². The molecule has 0 radical (unpaired) electrons. The summed E-state index contributed by atoms with van der Waals surface area (Å²) in [6.45, 7) is 0. The van der Waals surface area contributed by atoms with Gasteiger partial charge in [-0.1, -0.05) is 92.8 Å². The van der Waals surface area contributed by atoms with Gasteiger partial charge in [-0.3, -0.25) is 20.2 Å². The molecule has 140 valence electrons. The Morgan fingerprint density at radius 1 is 0.538 bits per heavy atom. The minimum Gasteiger partial charge on any atom is -0.258 e. The Bertz CT molecular complexity index is 780. The Labute approximate surface area is 185 Å². The second-order valence-corrected chi connectivity index (χ2v) is 7.29. The Kier molecular flexibility index (Phi) is 8.77. The fourth-order valence-electron chi connectivity index (χ4n) is 1.44. The molecule has 0 bridgehead atoms. The standard InChI is InChI=1S/2C6HCl4NO2/c2*7-2-1-3(8)5(10)6(4(2)9)11(12)13/h2*1H. The Morgan fingerprint density at radius 2 is 0.731 bits per heavy atom. The Balaban J connectivity index is 0.000000260. The van der Waals surface area contributed by atoms with Crippen LogP contribution in [0.3, 0.4) is 0 Å². The van der Waals surface area contributed by atoms with E-state index in [9.17, 15) is 20.2 Å². The number of benzene rings is 2. The van der Waals surface area contributed by atoms with Gasteiger partial charge in [-0.05, 0) is 12.1 Å². The molecule has 0 amide bonds. The monoisotopic (exact) mass is 518 g/mol. The van der Waals surface area contributed by atoms with Crippen LogP contribution in [-0.2, 0) is 0 Å². The number of nitrogens with zero attached hydrogens (tertiary/aromatic N) is 2. The molecule has 0 atom stereocenters. The number of rotatable bonds is 2. The van der Waals surface area contributed by atoms with Crippen LogP contribution >= 0.6 is 92.8 Å². The van der Waals surface area contributed by atoms with Gasteiger partial charge >= 0.3 is 11.4 Å². The Hall–Kier alpha value is -0.440. The lowest BCUT2D eigenvalue weighted by atomic mass is 10.3. The molecule has 14 heteroatoms. The highest BCUT2D eigenvalue weighted by Crippen LogP contribution is 2.43. The van der Waals surface area contributed by atoms with Crippen LogP contribution < -0.4 is 0 Å². The van der Waals surface area contributed by atoms with E-state index in [-0.39, 0.29) is 40.2 Å². The summed E-state index contributed by atoms with van der Waals surface area (Å²) in [7, 11) is 0. The molecule has 0 aromatic heterocycles. The highest BCUT2D eigenvalue weighted by molar-refractivity contribution is 6.50. The summed E-state index contributed by atoms with van der Waals surface area (Å²) in [4.78, 5) is 19.5. The van der Waals surface area contributed by atoms with Gasteiger partial charge in [0.15, 0.2) is 0 Å². The zero-order chi connectivity index (χ0) is 20.3. The zero-order valence-electron chi connectivity index (χ0n) is 11.7. The fourth-order valence-corrected chi connectivity index (χ4v) is 3.32. The molecule has 6 nitrogen and oxygen atoms in total. The number of halogens is 8. The van der Waals surface area contributed by atoms with Crippen molar-refractivity contribution in [1.82, 2.24) is 0 Å². The second kappa shape index (κ2) is 9.66. The first-order valence-electron chi connectivity index (χ1n) is 5.84. The first-order chi connectivity index (χ1) is 11.9. The largest absolute Gasteiger partial charge is 0.309 e. The van der Waals surface area contributed by atoms with E-state index in [0.29, 0.717) is 0 Å². The third-order valence-corrected chi connectivity index (χ3v) is 5.65. The predicted molar refractivity (Wildman–Crippen MR) is 106 cm³/mol. The molecule has 26 heavy (non-hydrogen) atoms. The van der Waals surface area contributed by atoms with Crippen LogP contribution in [0.15, 0.2) is 12.1 Å². The molecule has 0 unspecified atom stereocenters. The lowest BCUT2D eigenvalue weighted by Gasteiger charge is -2.01. The summed E-state index contributed by atoms with van der Waals surface area (Å²) in [5.41, 5.74) is -0.943. The van der Waals surface area contributed by atoms with E-state index in [1.54, 1.807) is 0 Å². The molecular weight excluding hydrogens is 520 g/mol. The summed E-state index contributed by atoms with van der Waals surface area (Å²) >= 11 is 44.4. The van der Waals surface area contributed by atoms with Crippen molar-refractivity contribution in [3.05, 3.63) is 72.5 Å². The van der Waals surface area contributed by atoms with E-state index in [4.69, 9.17) is 92.8 Å². The Morgan fingerprint density at radius 3 is 0.885 bits per heavy atom. The van der Waals surface area contributed by atoms with Crippen LogP contribution in [0.4, 0.5) is 11.4 Å². The van der Waals surface area contributed by atoms with Crippen LogP contribution in [0.5, 0.6) is 0 Å². The van der Waals surface area contributed by atoms with E-state index >= 15 is 0 Å². The molecule has 0 N–H and O–H groups in total. The minimum absolute atomic E-state index is 0.00256. The molecule has 0 spiro atoms. The van der Waals surface area contributed by atoms with Crippen molar-refractivity contribution in [1.29, 1.82) is 0 Å². The molecule has 0 saturated carbocycles. The third kappa shape index (κ3) is 5.30. The predicted octanol–water partition coefficient (Wildman–Crippen LogP) is 8.42. The quantitative estimate of drug-likeness (QED) is 0.225. The zero-order valence-corrected chi connectivity index (χ0v) is 17.8.